The number of piperidine rings is 1. The zero-order chi connectivity index (χ0) is 26.6. The summed E-state index contributed by atoms with van der Waals surface area (Å²) in [6.07, 6.45) is 7.92. The molecule has 3 aromatic heterocycles. The fraction of sp³-hybridized carbons (Fsp3) is 0.500. The predicted octanol–water partition coefficient (Wildman–Crippen LogP) is 6.70. The van der Waals surface area contributed by atoms with Gasteiger partial charge in [-0.05, 0) is 42.9 Å². The van der Waals surface area contributed by atoms with Crippen LogP contribution in [0.15, 0.2) is 48.8 Å². The molecule has 202 valence electrons. The summed E-state index contributed by atoms with van der Waals surface area (Å²) in [6, 6.07) is 12.8. The topological polar surface area (TPSA) is 90.3 Å². The third-order valence-electron chi connectivity index (χ3n) is 8.30. The van der Waals surface area contributed by atoms with E-state index >= 15 is 0 Å². The molecule has 2 N–H and O–H groups in total. The molecular formula is C30H40N6O2. The van der Waals surface area contributed by atoms with E-state index in [0.717, 1.165) is 68.0 Å². The Balaban J connectivity index is 1.56. The number of fused-ring (bicyclic) bond motifs is 3. The Hall–Kier alpha value is -3.39. The molecule has 1 aliphatic rings. The fourth-order valence-electron chi connectivity index (χ4n) is 5.94. The van der Waals surface area contributed by atoms with Crippen molar-refractivity contribution in [3.63, 3.8) is 0 Å². The highest BCUT2D eigenvalue weighted by molar-refractivity contribution is 6.09. The lowest BCUT2D eigenvalue weighted by Gasteiger charge is -2.38. The number of likely N-dealkylation sites (tertiary alicyclic amines) is 1. The molecule has 8 heteroatoms. The van der Waals surface area contributed by atoms with E-state index in [-0.39, 0.29) is 6.04 Å². The van der Waals surface area contributed by atoms with Gasteiger partial charge in [0.2, 0.25) is 0 Å². The highest BCUT2D eigenvalue weighted by Gasteiger charge is 2.32. The Kier molecular flexibility index (Phi) is 7.98. The van der Waals surface area contributed by atoms with Gasteiger partial charge in [-0.25, -0.2) is 14.8 Å². The molecule has 0 unspecified atom stereocenters. The molecule has 1 fully saturated rings. The number of hydrogen-bond acceptors (Lipinski definition) is 4. The van der Waals surface area contributed by atoms with Gasteiger partial charge in [-0.2, -0.15) is 0 Å². The van der Waals surface area contributed by atoms with Gasteiger partial charge in [0.15, 0.2) is 5.65 Å². The lowest BCUT2D eigenvalue weighted by atomic mass is 9.93. The first-order valence-corrected chi connectivity index (χ1v) is 14.1. The van der Waals surface area contributed by atoms with Crippen molar-refractivity contribution in [2.75, 3.05) is 24.5 Å². The standard InChI is InChI=1S/C30H40N6O2/c1-4-6-10-22(5-2)19-35(30(37)38)29-25-17-32-28-24(13-15-31-28)27(25)36(33-29)26-20-34(16-14-21(26)3)18-23-11-8-7-9-12-23/h7-9,11-13,15,17,21-22,26,33H,4-6,10,14,16,18-20H2,1-3H3,(H,37,38)/t21-,22+,26-/m0/s1. The molecule has 1 aromatic carbocycles. The van der Waals surface area contributed by atoms with Crippen LogP contribution in [0.5, 0.6) is 0 Å². The molecule has 0 saturated carbocycles. The van der Waals surface area contributed by atoms with Crippen LogP contribution in [0.4, 0.5) is 10.6 Å². The first kappa shape index (κ1) is 26.2. The smallest absolute Gasteiger partial charge is 0.413 e. The minimum Gasteiger partial charge on any atom is -0.465 e. The summed E-state index contributed by atoms with van der Waals surface area (Å²) in [5.74, 6) is 1.36. The van der Waals surface area contributed by atoms with E-state index in [1.54, 1.807) is 12.4 Å². The van der Waals surface area contributed by atoms with Crippen molar-refractivity contribution in [1.82, 2.24) is 24.6 Å². The minimum atomic E-state index is -0.932. The number of carbonyl (C=O) groups is 1. The molecular weight excluding hydrogens is 476 g/mol. The van der Waals surface area contributed by atoms with Crippen LogP contribution in [0.25, 0.3) is 21.9 Å². The Bertz CT molecular complexity index is 1360. The number of carboxylic acid groups (broad SMARTS) is 1. The number of unbranched alkanes of at least 4 members (excludes halogenated alkanes) is 1. The number of aromatic nitrogens is 4. The van der Waals surface area contributed by atoms with Gasteiger partial charge >= 0.3 is 6.09 Å². The molecule has 8 nitrogen and oxygen atoms in total. The summed E-state index contributed by atoms with van der Waals surface area (Å²) >= 11 is 0. The van der Waals surface area contributed by atoms with E-state index in [1.165, 1.54) is 10.5 Å². The van der Waals surface area contributed by atoms with Gasteiger partial charge in [-0.3, -0.25) is 19.6 Å². The molecule has 1 aliphatic heterocycles. The molecule has 1 amide bonds. The maximum absolute atomic E-state index is 12.6. The summed E-state index contributed by atoms with van der Waals surface area (Å²) in [7, 11) is 0. The van der Waals surface area contributed by atoms with Crippen LogP contribution in [-0.4, -0.2) is 55.5 Å². The first-order valence-electron chi connectivity index (χ1n) is 14.1. The number of amides is 1. The zero-order valence-corrected chi connectivity index (χ0v) is 22.8. The summed E-state index contributed by atoms with van der Waals surface area (Å²) < 4.78 is 2.22. The molecule has 3 atom stereocenters. The van der Waals surface area contributed by atoms with Crippen LogP contribution in [0.2, 0.25) is 0 Å². The van der Waals surface area contributed by atoms with Crippen molar-refractivity contribution in [3.05, 3.63) is 54.4 Å². The van der Waals surface area contributed by atoms with Crippen LogP contribution in [0.1, 0.15) is 64.5 Å². The summed E-state index contributed by atoms with van der Waals surface area (Å²) in [6.45, 7) is 9.94. The predicted molar refractivity (Wildman–Crippen MR) is 153 cm³/mol. The SMILES string of the molecule is CCCC[C@@H](CC)CN(C(=O)O)c1[nH]n([C@H]2CN(Cc3ccccc3)CC[C@@H]2C)c2c1cnc1nccc12. The third-order valence-corrected chi connectivity index (χ3v) is 8.30. The van der Waals surface area contributed by atoms with Gasteiger partial charge in [0.05, 0.1) is 16.9 Å². The normalized spacial score (nSPS) is 19.2. The molecule has 0 spiro atoms. The largest absolute Gasteiger partial charge is 0.465 e. The Morgan fingerprint density at radius 1 is 1.18 bits per heavy atom. The number of nitrogens with zero attached hydrogens (tertiary/aromatic N) is 5. The molecule has 38 heavy (non-hydrogen) atoms. The molecule has 0 radical (unpaired) electrons. The minimum absolute atomic E-state index is 0.168. The molecule has 4 heterocycles. The number of aromatic amines is 1. The molecule has 0 bridgehead atoms. The van der Waals surface area contributed by atoms with Crippen LogP contribution >= 0.6 is 0 Å². The van der Waals surface area contributed by atoms with Crippen molar-refractivity contribution in [3.8, 4) is 0 Å². The fourth-order valence-corrected chi connectivity index (χ4v) is 5.94. The van der Waals surface area contributed by atoms with E-state index in [9.17, 15) is 9.90 Å². The summed E-state index contributed by atoms with van der Waals surface area (Å²) in [5, 5.41) is 15.8. The number of hydrogen-bond donors (Lipinski definition) is 2. The Morgan fingerprint density at radius 3 is 2.74 bits per heavy atom. The van der Waals surface area contributed by atoms with Gasteiger partial charge in [0, 0.05) is 37.4 Å². The molecule has 5 rings (SSSR count). The van der Waals surface area contributed by atoms with E-state index in [2.05, 4.69) is 75.8 Å². The first-order chi connectivity index (χ1) is 18.5. The number of H-pyrrole nitrogens is 1. The maximum atomic E-state index is 12.6. The van der Waals surface area contributed by atoms with Gasteiger partial charge in [0.25, 0.3) is 0 Å². The highest BCUT2D eigenvalue weighted by Crippen LogP contribution is 2.37. The van der Waals surface area contributed by atoms with Crippen molar-refractivity contribution in [2.24, 2.45) is 11.8 Å². The number of anilines is 1. The van der Waals surface area contributed by atoms with Crippen LogP contribution in [0, 0.1) is 11.8 Å². The number of rotatable bonds is 10. The second-order valence-corrected chi connectivity index (χ2v) is 10.9. The quantitative estimate of drug-likeness (QED) is 0.245. The van der Waals surface area contributed by atoms with Gasteiger partial charge in [0.1, 0.15) is 5.82 Å². The lowest BCUT2D eigenvalue weighted by molar-refractivity contribution is 0.122. The maximum Gasteiger partial charge on any atom is 0.413 e. The molecule has 4 aromatic rings. The van der Waals surface area contributed by atoms with Gasteiger partial charge in [-0.1, -0.05) is 70.4 Å². The Morgan fingerprint density at radius 2 is 2.00 bits per heavy atom. The van der Waals surface area contributed by atoms with Gasteiger partial charge < -0.3 is 5.11 Å². The Labute approximate surface area is 224 Å². The van der Waals surface area contributed by atoms with Crippen LogP contribution < -0.4 is 4.90 Å². The highest BCUT2D eigenvalue weighted by atomic mass is 16.4. The van der Waals surface area contributed by atoms with Gasteiger partial charge in [-0.15, -0.1) is 0 Å². The number of pyridine rings is 1. The average molecular weight is 517 g/mol. The molecule has 0 aliphatic carbocycles. The van der Waals surface area contributed by atoms with E-state index in [4.69, 9.17) is 0 Å². The number of benzene rings is 1. The van der Waals surface area contributed by atoms with Crippen LogP contribution in [0.3, 0.4) is 0 Å². The van der Waals surface area contributed by atoms with Crippen molar-refractivity contribution < 1.29 is 9.90 Å². The summed E-state index contributed by atoms with van der Waals surface area (Å²) in [4.78, 5) is 25.7. The second kappa shape index (κ2) is 11.6. The summed E-state index contributed by atoms with van der Waals surface area (Å²) in [5.41, 5.74) is 3.00. The van der Waals surface area contributed by atoms with Crippen LogP contribution in [-0.2, 0) is 6.54 Å². The third kappa shape index (κ3) is 5.27. The average Bonchev–Trinajstić information content (AvgIpc) is 3.55. The zero-order valence-electron chi connectivity index (χ0n) is 22.8. The van der Waals surface area contributed by atoms with E-state index in [1.807, 2.05) is 6.07 Å². The second-order valence-electron chi connectivity index (χ2n) is 10.9. The lowest BCUT2D eigenvalue weighted by Crippen LogP contribution is -2.41. The van der Waals surface area contributed by atoms with E-state index in [0.29, 0.717) is 29.8 Å². The monoisotopic (exact) mass is 516 g/mol. The molecule has 1 saturated heterocycles. The van der Waals surface area contributed by atoms with Crippen molar-refractivity contribution >= 4 is 33.8 Å². The number of nitrogens with one attached hydrogen (secondary N) is 1. The van der Waals surface area contributed by atoms with Crippen molar-refractivity contribution in [1.29, 1.82) is 0 Å². The van der Waals surface area contributed by atoms with E-state index < -0.39 is 6.09 Å². The van der Waals surface area contributed by atoms with Crippen molar-refractivity contribution in [2.45, 2.75) is 65.5 Å².